The van der Waals surface area contributed by atoms with Crippen molar-refractivity contribution >= 4 is 11.4 Å². The Bertz CT molecular complexity index is 385. The van der Waals surface area contributed by atoms with Crippen LogP contribution in [0.4, 0.5) is 11.4 Å². The average Bonchev–Trinajstić information content (AvgIpc) is 2.42. The molecule has 0 heterocycles. The van der Waals surface area contributed by atoms with E-state index in [1.54, 1.807) is 13.2 Å². The van der Waals surface area contributed by atoms with E-state index in [4.69, 9.17) is 9.47 Å². The third-order valence-electron chi connectivity index (χ3n) is 2.53. The number of nitro benzene ring substituents is 1. The van der Waals surface area contributed by atoms with E-state index < -0.39 is 4.92 Å². The van der Waals surface area contributed by atoms with Crippen molar-refractivity contribution in [3.8, 4) is 0 Å². The summed E-state index contributed by atoms with van der Waals surface area (Å²) in [5.74, 6) is 0. The first-order valence-electron chi connectivity index (χ1n) is 6.29. The summed E-state index contributed by atoms with van der Waals surface area (Å²) >= 11 is 0. The van der Waals surface area contributed by atoms with Gasteiger partial charge in [-0.05, 0) is 18.9 Å². The molecule has 0 aliphatic rings. The van der Waals surface area contributed by atoms with Gasteiger partial charge in [-0.15, -0.1) is 0 Å². The number of methoxy groups -OCH3 is 1. The minimum Gasteiger partial charge on any atom is -0.385 e. The fourth-order valence-corrected chi connectivity index (χ4v) is 1.54. The molecule has 0 spiro atoms. The normalized spacial score (nSPS) is 10.4. The number of non-ortho nitro benzene ring substituents is 1. The molecule has 0 unspecified atom stereocenters. The summed E-state index contributed by atoms with van der Waals surface area (Å²) in [6.45, 7) is 2.72. The molecule has 1 aromatic carbocycles. The van der Waals surface area contributed by atoms with Crippen molar-refractivity contribution in [2.24, 2.45) is 0 Å². The van der Waals surface area contributed by atoms with Gasteiger partial charge in [-0.2, -0.15) is 0 Å². The van der Waals surface area contributed by atoms with E-state index in [1.807, 2.05) is 6.07 Å². The van der Waals surface area contributed by atoms with Gasteiger partial charge >= 0.3 is 0 Å². The highest BCUT2D eigenvalue weighted by Gasteiger charge is 2.04. The Labute approximate surface area is 112 Å². The summed E-state index contributed by atoms with van der Waals surface area (Å²) in [4.78, 5) is 10.2. The zero-order chi connectivity index (χ0) is 13.9. The Morgan fingerprint density at radius 2 is 2.11 bits per heavy atom. The molecule has 0 saturated carbocycles. The van der Waals surface area contributed by atoms with E-state index in [0.29, 0.717) is 19.8 Å². The number of anilines is 1. The van der Waals surface area contributed by atoms with Crippen molar-refractivity contribution in [1.29, 1.82) is 0 Å². The lowest BCUT2D eigenvalue weighted by Crippen LogP contribution is -2.06. The number of ether oxygens (including phenoxy) is 2. The number of nitrogens with zero attached hydrogens (tertiary/aromatic N) is 1. The number of unbranched alkanes of at least 4 members (excludes halogenated alkanes) is 1. The Balaban J connectivity index is 2.12. The first-order valence-corrected chi connectivity index (χ1v) is 6.29. The van der Waals surface area contributed by atoms with E-state index >= 15 is 0 Å². The number of benzene rings is 1. The van der Waals surface area contributed by atoms with Crippen LogP contribution in [-0.4, -0.2) is 38.4 Å². The van der Waals surface area contributed by atoms with E-state index in [1.165, 1.54) is 12.1 Å². The second-order valence-electron chi connectivity index (χ2n) is 4.05. The zero-order valence-electron chi connectivity index (χ0n) is 11.1. The highest BCUT2D eigenvalue weighted by molar-refractivity contribution is 5.50. The largest absolute Gasteiger partial charge is 0.385 e. The Morgan fingerprint density at radius 1 is 1.26 bits per heavy atom. The number of nitrogens with one attached hydrogen (secondary N) is 1. The van der Waals surface area contributed by atoms with Crippen LogP contribution in [0.5, 0.6) is 0 Å². The van der Waals surface area contributed by atoms with Gasteiger partial charge < -0.3 is 14.8 Å². The second kappa shape index (κ2) is 9.29. The van der Waals surface area contributed by atoms with Gasteiger partial charge in [-0.1, -0.05) is 6.07 Å². The summed E-state index contributed by atoms with van der Waals surface area (Å²) in [7, 11) is 1.65. The van der Waals surface area contributed by atoms with E-state index in [2.05, 4.69) is 5.32 Å². The van der Waals surface area contributed by atoms with Crippen molar-refractivity contribution in [2.45, 2.75) is 12.8 Å². The highest BCUT2D eigenvalue weighted by Crippen LogP contribution is 2.16. The molecule has 106 valence electrons. The molecule has 0 saturated heterocycles. The van der Waals surface area contributed by atoms with Gasteiger partial charge in [-0.3, -0.25) is 10.1 Å². The van der Waals surface area contributed by atoms with Crippen LogP contribution in [0.2, 0.25) is 0 Å². The molecule has 0 aliphatic heterocycles. The van der Waals surface area contributed by atoms with Gasteiger partial charge in [0.05, 0.1) is 18.1 Å². The summed E-state index contributed by atoms with van der Waals surface area (Å²) < 4.78 is 10.2. The molecule has 1 rings (SSSR count). The van der Waals surface area contributed by atoms with Crippen LogP contribution in [-0.2, 0) is 9.47 Å². The highest BCUT2D eigenvalue weighted by atomic mass is 16.6. The fraction of sp³-hybridized carbons (Fsp3) is 0.538. The minimum absolute atomic E-state index is 0.105. The van der Waals surface area contributed by atoms with Crippen LogP contribution in [0.15, 0.2) is 24.3 Å². The summed E-state index contributed by atoms with van der Waals surface area (Å²) in [5.41, 5.74) is 0.877. The first kappa shape index (κ1) is 15.4. The predicted molar refractivity (Wildman–Crippen MR) is 73.5 cm³/mol. The third-order valence-corrected chi connectivity index (χ3v) is 2.53. The first-order chi connectivity index (χ1) is 9.24. The predicted octanol–water partition coefficient (Wildman–Crippen LogP) is 2.45. The average molecular weight is 268 g/mol. The summed E-state index contributed by atoms with van der Waals surface area (Å²) in [5, 5.41) is 13.8. The van der Waals surface area contributed by atoms with Crippen LogP contribution in [0.1, 0.15) is 12.8 Å². The van der Waals surface area contributed by atoms with Gasteiger partial charge in [-0.25, -0.2) is 0 Å². The van der Waals surface area contributed by atoms with E-state index in [9.17, 15) is 10.1 Å². The van der Waals surface area contributed by atoms with Gasteiger partial charge in [0.2, 0.25) is 0 Å². The number of hydrogen-bond acceptors (Lipinski definition) is 5. The molecule has 6 heteroatoms. The van der Waals surface area contributed by atoms with Gasteiger partial charge in [0.15, 0.2) is 0 Å². The van der Waals surface area contributed by atoms with Crippen LogP contribution >= 0.6 is 0 Å². The van der Waals surface area contributed by atoms with Crippen molar-refractivity contribution in [3.05, 3.63) is 34.4 Å². The van der Waals surface area contributed by atoms with Crippen molar-refractivity contribution in [2.75, 3.05) is 38.8 Å². The third kappa shape index (κ3) is 6.73. The van der Waals surface area contributed by atoms with E-state index in [-0.39, 0.29) is 5.69 Å². The molecule has 0 aromatic heterocycles. The van der Waals surface area contributed by atoms with Crippen LogP contribution in [0, 0.1) is 10.1 Å². The Hall–Kier alpha value is -1.66. The summed E-state index contributed by atoms with van der Waals surface area (Å²) in [6, 6.07) is 6.51. The van der Waals surface area contributed by atoms with Gasteiger partial charge in [0.25, 0.3) is 5.69 Å². The number of nitro groups is 1. The minimum atomic E-state index is -0.394. The fourth-order valence-electron chi connectivity index (χ4n) is 1.54. The molecule has 0 fully saturated rings. The zero-order valence-corrected chi connectivity index (χ0v) is 11.1. The molecule has 0 bridgehead atoms. The van der Waals surface area contributed by atoms with Crippen LogP contribution < -0.4 is 5.32 Å². The van der Waals surface area contributed by atoms with Crippen molar-refractivity contribution < 1.29 is 14.4 Å². The van der Waals surface area contributed by atoms with Gasteiger partial charge in [0.1, 0.15) is 0 Å². The van der Waals surface area contributed by atoms with Crippen LogP contribution in [0.25, 0.3) is 0 Å². The molecular weight excluding hydrogens is 248 g/mol. The topological polar surface area (TPSA) is 73.6 Å². The van der Waals surface area contributed by atoms with Crippen molar-refractivity contribution in [3.63, 3.8) is 0 Å². The van der Waals surface area contributed by atoms with Gasteiger partial charge in [0, 0.05) is 38.1 Å². The molecule has 0 radical (unpaired) electrons. The molecule has 6 nitrogen and oxygen atoms in total. The lowest BCUT2D eigenvalue weighted by molar-refractivity contribution is -0.384. The number of hydrogen-bond donors (Lipinski definition) is 1. The molecular formula is C13H20N2O4. The second-order valence-corrected chi connectivity index (χ2v) is 4.05. The smallest absolute Gasteiger partial charge is 0.271 e. The Morgan fingerprint density at radius 3 is 2.84 bits per heavy atom. The molecule has 19 heavy (non-hydrogen) atoms. The molecule has 1 N–H and O–H groups in total. The van der Waals surface area contributed by atoms with Crippen LogP contribution in [0.3, 0.4) is 0 Å². The maximum Gasteiger partial charge on any atom is 0.271 e. The molecule has 0 amide bonds. The van der Waals surface area contributed by atoms with E-state index in [0.717, 1.165) is 25.1 Å². The molecule has 0 atom stereocenters. The SMILES string of the molecule is COCCOCCCCNc1cccc([N+](=O)[O-])c1. The summed E-state index contributed by atoms with van der Waals surface area (Å²) in [6.07, 6.45) is 1.90. The monoisotopic (exact) mass is 268 g/mol. The Kier molecular flexibility index (Phi) is 7.53. The van der Waals surface area contributed by atoms with Crippen molar-refractivity contribution in [1.82, 2.24) is 0 Å². The standard InChI is InChI=1S/C13H20N2O4/c1-18-9-10-19-8-3-2-7-14-12-5-4-6-13(11-12)15(16)17/h4-6,11,14H,2-3,7-10H2,1H3. The quantitative estimate of drug-likeness (QED) is 0.401. The molecule has 1 aromatic rings. The molecule has 0 aliphatic carbocycles. The maximum absolute atomic E-state index is 10.6. The number of rotatable bonds is 10. The lowest BCUT2D eigenvalue weighted by atomic mass is 10.2. The lowest BCUT2D eigenvalue weighted by Gasteiger charge is -2.06. The maximum atomic E-state index is 10.6.